The summed E-state index contributed by atoms with van der Waals surface area (Å²) in [6.45, 7) is 0. The molecule has 0 bridgehead atoms. The van der Waals surface area contributed by atoms with Crippen molar-refractivity contribution >= 4 is 11.6 Å². The Kier molecular flexibility index (Phi) is 0.828. The molecule has 0 unspecified atom stereocenters. The van der Waals surface area contributed by atoms with Gasteiger partial charge in [0.15, 0.2) is 0 Å². The van der Waals surface area contributed by atoms with E-state index in [0.29, 0.717) is 4.85 Å². The van der Waals surface area contributed by atoms with Crippen molar-refractivity contribution < 1.29 is 5.21 Å². The topological polar surface area (TPSA) is 63.8 Å². The van der Waals surface area contributed by atoms with Crippen LogP contribution in [0.5, 0.6) is 0 Å². The van der Waals surface area contributed by atoms with Gasteiger partial charge in [-0.3, -0.25) is 0 Å². The lowest BCUT2D eigenvalue weighted by molar-refractivity contribution is 0.143. The molecule has 1 aromatic heterocycles. The van der Waals surface area contributed by atoms with E-state index in [1.165, 1.54) is 0 Å². The SMILES string of the molecule is On1nnnc1Cl. The second-order valence-corrected chi connectivity index (χ2v) is 1.18. The van der Waals surface area contributed by atoms with Crippen LogP contribution < -0.4 is 0 Å². The van der Waals surface area contributed by atoms with Crippen LogP contribution in [0.25, 0.3) is 0 Å². The molecule has 0 atom stereocenters. The Morgan fingerprint density at radius 3 is 2.57 bits per heavy atom. The van der Waals surface area contributed by atoms with Crippen molar-refractivity contribution in [3.05, 3.63) is 5.28 Å². The van der Waals surface area contributed by atoms with Gasteiger partial charge >= 0.3 is 0 Å². The molecule has 0 aliphatic rings. The normalized spacial score (nSPS) is 9.29. The lowest BCUT2D eigenvalue weighted by Crippen LogP contribution is -1.90. The first-order valence-electron chi connectivity index (χ1n) is 1.44. The van der Waals surface area contributed by atoms with E-state index in [-0.39, 0.29) is 5.28 Å². The molecule has 7 heavy (non-hydrogen) atoms. The molecule has 1 N–H and O–H groups in total. The molecule has 0 fully saturated rings. The minimum absolute atomic E-state index is 0.139. The molecule has 5 nitrogen and oxygen atoms in total. The monoisotopic (exact) mass is 120 g/mol. The Morgan fingerprint density at radius 2 is 2.43 bits per heavy atom. The van der Waals surface area contributed by atoms with E-state index < -0.39 is 0 Å². The van der Waals surface area contributed by atoms with E-state index >= 15 is 0 Å². The maximum atomic E-state index is 8.31. The number of hydrogen-bond acceptors (Lipinski definition) is 4. The van der Waals surface area contributed by atoms with Gasteiger partial charge in [0, 0.05) is 0 Å². The molecule has 0 aromatic carbocycles. The van der Waals surface area contributed by atoms with Gasteiger partial charge in [0.25, 0.3) is 5.28 Å². The van der Waals surface area contributed by atoms with Gasteiger partial charge in [-0.1, -0.05) is 5.10 Å². The highest BCUT2D eigenvalue weighted by atomic mass is 35.5. The van der Waals surface area contributed by atoms with Crippen LogP contribution in [-0.2, 0) is 0 Å². The average Bonchev–Trinajstić information content (AvgIpc) is 1.91. The predicted octanol–water partition coefficient (Wildman–Crippen LogP) is -0.436. The lowest BCUT2D eigenvalue weighted by atomic mass is 11.4. The van der Waals surface area contributed by atoms with Crippen LogP contribution in [0.1, 0.15) is 0 Å². The Labute approximate surface area is 43.5 Å². The third-order valence-electron chi connectivity index (χ3n) is 0.417. The Hall–Kier alpha value is -0.840. The van der Waals surface area contributed by atoms with Gasteiger partial charge in [-0.25, -0.2) is 0 Å². The first kappa shape index (κ1) is 4.32. The summed E-state index contributed by atoms with van der Waals surface area (Å²) in [7, 11) is 0. The number of hydrogen-bond donors (Lipinski definition) is 1. The summed E-state index contributed by atoms with van der Waals surface area (Å²) in [6, 6.07) is 0. The number of nitrogens with zero attached hydrogens (tertiary/aromatic N) is 4. The van der Waals surface area contributed by atoms with Gasteiger partial charge in [-0.2, -0.15) is 0 Å². The highest BCUT2D eigenvalue weighted by Crippen LogP contribution is 1.93. The Balaban J connectivity index is 3.12. The van der Waals surface area contributed by atoms with Crippen LogP contribution in [0.4, 0.5) is 0 Å². The zero-order chi connectivity index (χ0) is 5.28. The quantitative estimate of drug-likeness (QED) is 0.472. The van der Waals surface area contributed by atoms with Gasteiger partial charge in [-0.15, -0.1) is 0 Å². The van der Waals surface area contributed by atoms with Crippen molar-refractivity contribution in [2.24, 2.45) is 0 Å². The second kappa shape index (κ2) is 1.34. The molecule has 0 radical (unpaired) electrons. The highest BCUT2D eigenvalue weighted by Gasteiger charge is 1.94. The molecule has 1 aromatic rings. The zero-order valence-electron chi connectivity index (χ0n) is 3.11. The van der Waals surface area contributed by atoms with E-state index in [0.717, 1.165) is 0 Å². The summed E-state index contributed by atoms with van der Waals surface area (Å²) in [6.07, 6.45) is 0. The molecule has 0 saturated carbocycles. The fourth-order valence-corrected chi connectivity index (χ4v) is 0.239. The van der Waals surface area contributed by atoms with Gasteiger partial charge < -0.3 is 5.21 Å². The van der Waals surface area contributed by atoms with Crippen LogP contribution in [0.15, 0.2) is 0 Å². The summed E-state index contributed by atoms with van der Waals surface area (Å²) < 4.78 is 0. The average molecular weight is 120 g/mol. The summed E-state index contributed by atoms with van der Waals surface area (Å²) in [5, 5.41) is 17.3. The maximum absolute atomic E-state index is 8.31. The van der Waals surface area contributed by atoms with E-state index in [2.05, 4.69) is 15.5 Å². The first-order valence-corrected chi connectivity index (χ1v) is 1.81. The molecule has 0 spiro atoms. The fraction of sp³-hybridized carbons (Fsp3) is 0. The van der Waals surface area contributed by atoms with Crippen LogP contribution >= 0.6 is 11.6 Å². The Morgan fingerprint density at radius 1 is 1.71 bits per heavy atom. The fourth-order valence-electron chi connectivity index (χ4n) is 0.172. The maximum Gasteiger partial charge on any atom is 0.281 e. The first-order chi connectivity index (χ1) is 3.30. The van der Waals surface area contributed by atoms with Crippen molar-refractivity contribution in [1.29, 1.82) is 0 Å². The van der Waals surface area contributed by atoms with Gasteiger partial charge in [0.2, 0.25) is 0 Å². The molecule has 38 valence electrons. The summed E-state index contributed by atoms with van der Waals surface area (Å²) in [5.41, 5.74) is 0. The van der Waals surface area contributed by atoms with E-state index in [1.807, 2.05) is 0 Å². The highest BCUT2D eigenvalue weighted by molar-refractivity contribution is 6.28. The van der Waals surface area contributed by atoms with E-state index in [1.54, 1.807) is 0 Å². The van der Waals surface area contributed by atoms with Crippen LogP contribution in [0.2, 0.25) is 5.28 Å². The van der Waals surface area contributed by atoms with Gasteiger partial charge in [-0.05, 0) is 26.9 Å². The standard InChI is InChI=1S/CHClN4O/c2-1-3-4-5-6(1)7/h7H. The summed E-state index contributed by atoms with van der Waals surface area (Å²) >= 11 is 5.10. The Bertz CT molecular complexity index is 144. The number of tetrazole rings is 1. The van der Waals surface area contributed by atoms with Crippen LogP contribution in [0.3, 0.4) is 0 Å². The molecule has 6 heteroatoms. The number of rotatable bonds is 0. The summed E-state index contributed by atoms with van der Waals surface area (Å²) in [5.74, 6) is 0. The lowest BCUT2D eigenvalue weighted by Gasteiger charge is -1.78. The van der Waals surface area contributed by atoms with Crippen molar-refractivity contribution in [2.75, 3.05) is 0 Å². The third-order valence-corrected chi connectivity index (χ3v) is 0.644. The van der Waals surface area contributed by atoms with Gasteiger partial charge in [0.1, 0.15) is 0 Å². The van der Waals surface area contributed by atoms with Gasteiger partial charge in [0.05, 0.1) is 0 Å². The molecule has 0 amide bonds. The molecular weight excluding hydrogens is 119 g/mol. The van der Waals surface area contributed by atoms with Crippen LogP contribution in [0, 0.1) is 0 Å². The molecule has 0 aliphatic carbocycles. The smallest absolute Gasteiger partial charge is 0.281 e. The largest absolute Gasteiger partial charge is 0.408 e. The van der Waals surface area contributed by atoms with Crippen molar-refractivity contribution in [3.8, 4) is 0 Å². The minimum atomic E-state index is -0.139. The number of aromatic nitrogens is 4. The van der Waals surface area contributed by atoms with Crippen molar-refractivity contribution in [2.45, 2.75) is 0 Å². The molecule has 0 aliphatic heterocycles. The minimum Gasteiger partial charge on any atom is -0.408 e. The molecular formula is CHClN4O. The summed E-state index contributed by atoms with van der Waals surface area (Å²) in [4.78, 5) is 0.377. The molecule has 1 rings (SSSR count). The van der Waals surface area contributed by atoms with Crippen molar-refractivity contribution in [3.63, 3.8) is 0 Å². The second-order valence-electron chi connectivity index (χ2n) is 0.837. The molecule has 0 saturated heterocycles. The zero-order valence-corrected chi connectivity index (χ0v) is 3.87. The predicted molar refractivity (Wildman–Crippen MR) is 20.0 cm³/mol. The van der Waals surface area contributed by atoms with E-state index in [4.69, 9.17) is 16.8 Å². The van der Waals surface area contributed by atoms with E-state index in [9.17, 15) is 0 Å². The third kappa shape index (κ3) is 0.614. The van der Waals surface area contributed by atoms with Crippen molar-refractivity contribution in [1.82, 2.24) is 20.4 Å². The van der Waals surface area contributed by atoms with Crippen LogP contribution in [-0.4, -0.2) is 25.6 Å². The number of halogens is 1. The molecule has 1 heterocycles.